The molecule has 158 valence electrons. The first-order valence-corrected chi connectivity index (χ1v) is 10.3. The Labute approximate surface area is 175 Å². The number of thiazole rings is 1. The van der Waals surface area contributed by atoms with Crippen LogP contribution in [-0.2, 0) is 16.0 Å². The van der Waals surface area contributed by atoms with Crippen LogP contribution in [0.2, 0.25) is 0 Å². The molecule has 1 N–H and O–H groups in total. The SMILES string of the molecule is CCCN(CC(=O)Nc1ccc(F)c(F)c1F)C(=O)CCc1nc2ccccc2s1. The highest BCUT2D eigenvalue weighted by molar-refractivity contribution is 7.18. The molecule has 0 saturated heterocycles. The van der Waals surface area contributed by atoms with E-state index in [1.165, 1.54) is 16.2 Å². The Kier molecular flexibility index (Phi) is 7.04. The molecular formula is C21H20F3N3O2S. The Morgan fingerprint density at radius 2 is 1.87 bits per heavy atom. The van der Waals surface area contributed by atoms with Gasteiger partial charge in [-0.25, -0.2) is 18.2 Å². The molecular weight excluding hydrogens is 415 g/mol. The first-order chi connectivity index (χ1) is 14.4. The second kappa shape index (κ2) is 9.71. The lowest BCUT2D eigenvalue weighted by molar-refractivity contribution is -0.134. The molecule has 0 bridgehead atoms. The zero-order chi connectivity index (χ0) is 21.7. The molecule has 1 heterocycles. The third kappa shape index (κ3) is 5.15. The van der Waals surface area contributed by atoms with E-state index in [1.54, 1.807) is 0 Å². The van der Waals surface area contributed by atoms with Crippen LogP contribution in [0.15, 0.2) is 36.4 Å². The number of amides is 2. The van der Waals surface area contributed by atoms with E-state index in [9.17, 15) is 22.8 Å². The minimum absolute atomic E-state index is 0.173. The number of nitrogens with one attached hydrogen (secondary N) is 1. The monoisotopic (exact) mass is 435 g/mol. The van der Waals surface area contributed by atoms with Crippen LogP contribution in [0.4, 0.5) is 18.9 Å². The van der Waals surface area contributed by atoms with E-state index in [0.29, 0.717) is 19.4 Å². The van der Waals surface area contributed by atoms with Gasteiger partial charge in [-0.3, -0.25) is 9.59 Å². The van der Waals surface area contributed by atoms with Gasteiger partial charge >= 0.3 is 0 Å². The zero-order valence-corrected chi connectivity index (χ0v) is 17.1. The summed E-state index contributed by atoms with van der Waals surface area (Å²) in [5, 5.41) is 3.02. The number of nitrogens with zero attached hydrogens (tertiary/aromatic N) is 2. The molecule has 0 saturated carbocycles. The topological polar surface area (TPSA) is 62.3 Å². The van der Waals surface area contributed by atoms with Crippen LogP contribution in [0, 0.1) is 17.5 Å². The van der Waals surface area contributed by atoms with Gasteiger partial charge in [0.15, 0.2) is 17.5 Å². The second-order valence-corrected chi connectivity index (χ2v) is 7.78. The van der Waals surface area contributed by atoms with Crippen molar-refractivity contribution in [3.63, 3.8) is 0 Å². The molecule has 0 fully saturated rings. The minimum Gasteiger partial charge on any atom is -0.333 e. The number of hydrogen-bond acceptors (Lipinski definition) is 4. The van der Waals surface area contributed by atoms with Gasteiger partial charge in [-0.1, -0.05) is 19.1 Å². The van der Waals surface area contributed by atoms with Crippen LogP contribution in [0.5, 0.6) is 0 Å². The van der Waals surface area contributed by atoms with Gasteiger partial charge < -0.3 is 10.2 Å². The van der Waals surface area contributed by atoms with Crippen molar-refractivity contribution in [1.29, 1.82) is 0 Å². The highest BCUT2D eigenvalue weighted by Crippen LogP contribution is 2.23. The fourth-order valence-corrected chi connectivity index (χ4v) is 3.91. The molecule has 9 heteroatoms. The first-order valence-electron chi connectivity index (χ1n) is 9.44. The number of benzene rings is 2. The van der Waals surface area contributed by atoms with Crippen LogP contribution >= 0.6 is 11.3 Å². The van der Waals surface area contributed by atoms with Crippen molar-refractivity contribution in [2.24, 2.45) is 0 Å². The maximum atomic E-state index is 13.7. The van der Waals surface area contributed by atoms with E-state index in [1.807, 2.05) is 31.2 Å². The molecule has 2 amide bonds. The number of halogens is 3. The third-order valence-electron chi connectivity index (χ3n) is 4.38. The largest absolute Gasteiger partial charge is 0.333 e. The van der Waals surface area contributed by atoms with Gasteiger partial charge in [0.25, 0.3) is 0 Å². The van der Waals surface area contributed by atoms with Crippen LogP contribution in [0.25, 0.3) is 10.2 Å². The first kappa shape index (κ1) is 21.8. The predicted molar refractivity (Wildman–Crippen MR) is 110 cm³/mol. The van der Waals surface area contributed by atoms with Crippen molar-refractivity contribution in [1.82, 2.24) is 9.88 Å². The van der Waals surface area contributed by atoms with E-state index in [0.717, 1.165) is 27.4 Å². The van der Waals surface area contributed by atoms with E-state index >= 15 is 0 Å². The molecule has 2 aromatic carbocycles. The molecule has 0 aliphatic carbocycles. The van der Waals surface area contributed by atoms with Crippen LogP contribution < -0.4 is 5.32 Å². The van der Waals surface area contributed by atoms with Gasteiger partial charge in [-0.2, -0.15) is 0 Å². The number of carbonyl (C=O) groups is 2. The van der Waals surface area contributed by atoms with Crippen LogP contribution in [0.3, 0.4) is 0 Å². The summed E-state index contributed by atoms with van der Waals surface area (Å²) < 4.78 is 41.1. The highest BCUT2D eigenvalue weighted by atomic mass is 32.1. The fraction of sp³-hybridized carbons (Fsp3) is 0.286. The average Bonchev–Trinajstić information content (AvgIpc) is 3.15. The van der Waals surface area contributed by atoms with Crippen molar-refractivity contribution in [3.05, 3.63) is 58.9 Å². The van der Waals surface area contributed by atoms with Gasteiger partial charge in [0.05, 0.1) is 27.5 Å². The number of aromatic nitrogens is 1. The molecule has 0 aliphatic heterocycles. The van der Waals surface area contributed by atoms with E-state index < -0.39 is 29.0 Å². The number of para-hydroxylation sites is 1. The van der Waals surface area contributed by atoms with E-state index in [2.05, 4.69) is 10.3 Å². The van der Waals surface area contributed by atoms with Gasteiger partial charge in [-0.05, 0) is 30.7 Å². The van der Waals surface area contributed by atoms with Crippen molar-refractivity contribution in [3.8, 4) is 0 Å². The number of hydrogen-bond donors (Lipinski definition) is 1. The smallest absolute Gasteiger partial charge is 0.244 e. The molecule has 3 rings (SSSR count). The molecule has 0 aliphatic rings. The van der Waals surface area contributed by atoms with Crippen LogP contribution in [-0.4, -0.2) is 34.8 Å². The molecule has 30 heavy (non-hydrogen) atoms. The molecule has 0 radical (unpaired) electrons. The van der Waals surface area contributed by atoms with Crippen LogP contribution in [0.1, 0.15) is 24.8 Å². The molecule has 1 aromatic heterocycles. The maximum Gasteiger partial charge on any atom is 0.244 e. The standard InChI is InChI=1S/C21H20F3N3O2S/c1-2-11-27(12-17(28)25-15-8-7-13(22)20(23)21(15)24)19(29)10-9-18-26-14-5-3-4-6-16(14)30-18/h3-8H,2,9-12H2,1H3,(H,25,28). The summed E-state index contributed by atoms with van der Waals surface area (Å²) in [4.78, 5) is 30.7. The quantitative estimate of drug-likeness (QED) is 0.529. The summed E-state index contributed by atoms with van der Waals surface area (Å²) in [5.74, 6) is -5.42. The Morgan fingerprint density at radius 3 is 2.60 bits per heavy atom. The molecule has 3 aromatic rings. The van der Waals surface area contributed by atoms with Crippen molar-refractivity contribution >= 4 is 39.1 Å². The lowest BCUT2D eigenvalue weighted by Crippen LogP contribution is -2.38. The fourth-order valence-electron chi connectivity index (χ4n) is 2.95. The number of fused-ring (bicyclic) bond motifs is 1. The Bertz CT molecular complexity index is 1040. The lowest BCUT2D eigenvalue weighted by atomic mass is 10.2. The van der Waals surface area contributed by atoms with Gasteiger partial charge in [0.1, 0.15) is 0 Å². The lowest BCUT2D eigenvalue weighted by Gasteiger charge is -2.21. The van der Waals surface area contributed by atoms with Gasteiger partial charge in [-0.15, -0.1) is 11.3 Å². The number of carbonyl (C=O) groups excluding carboxylic acids is 2. The van der Waals surface area contributed by atoms with Crippen molar-refractivity contribution < 1.29 is 22.8 Å². The van der Waals surface area contributed by atoms with Crippen molar-refractivity contribution in [2.75, 3.05) is 18.4 Å². The number of rotatable bonds is 8. The molecule has 0 spiro atoms. The molecule has 0 unspecified atom stereocenters. The maximum absolute atomic E-state index is 13.7. The van der Waals surface area contributed by atoms with Crippen molar-refractivity contribution in [2.45, 2.75) is 26.2 Å². The van der Waals surface area contributed by atoms with Gasteiger partial charge in [0.2, 0.25) is 11.8 Å². The second-order valence-electron chi connectivity index (χ2n) is 6.66. The third-order valence-corrected chi connectivity index (χ3v) is 5.48. The Hall–Kier alpha value is -2.94. The zero-order valence-electron chi connectivity index (χ0n) is 16.3. The summed E-state index contributed by atoms with van der Waals surface area (Å²) in [7, 11) is 0. The normalized spacial score (nSPS) is 10.9. The summed E-state index contributed by atoms with van der Waals surface area (Å²) in [6.45, 7) is 1.89. The number of aryl methyl sites for hydroxylation is 1. The summed E-state index contributed by atoms with van der Waals surface area (Å²) >= 11 is 1.52. The summed E-state index contributed by atoms with van der Waals surface area (Å²) in [5.41, 5.74) is 0.403. The average molecular weight is 435 g/mol. The predicted octanol–water partition coefficient (Wildman–Crippen LogP) is 4.52. The minimum atomic E-state index is -1.66. The number of anilines is 1. The Balaban J connectivity index is 1.60. The van der Waals surface area contributed by atoms with Gasteiger partial charge in [0, 0.05) is 19.4 Å². The Morgan fingerprint density at radius 1 is 1.10 bits per heavy atom. The van der Waals surface area contributed by atoms with E-state index in [4.69, 9.17) is 0 Å². The summed E-state index contributed by atoms with van der Waals surface area (Å²) in [6, 6.07) is 9.35. The van der Waals surface area contributed by atoms with E-state index in [-0.39, 0.29) is 18.9 Å². The molecule has 5 nitrogen and oxygen atoms in total. The summed E-state index contributed by atoms with van der Waals surface area (Å²) in [6.07, 6.45) is 1.24. The highest BCUT2D eigenvalue weighted by Gasteiger charge is 2.20. The molecule has 0 atom stereocenters.